The average molecular weight is 523 g/mol. The minimum absolute atomic E-state index is 0. The Bertz CT molecular complexity index is 1440. The topological polar surface area (TPSA) is 156 Å². The van der Waals surface area contributed by atoms with Crippen molar-refractivity contribution in [3.8, 4) is 11.4 Å². The molecule has 4 aromatic rings. The second-order valence-corrected chi connectivity index (χ2v) is 8.42. The molecule has 0 fully saturated rings. The molecule has 1 heterocycles. The van der Waals surface area contributed by atoms with Crippen molar-refractivity contribution in [1.29, 1.82) is 0 Å². The fourth-order valence-electron chi connectivity index (χ4n) is 3.60. The molecule has 192 valence electrons. The van der Waals surface area contributed by atoms with Gasteiger partial charge in [-0.3, -0.25) is 20.2 Å². The van der Waals surface area contributed by atoms with Crippen molar-refractivity contribution in [3.63, 3.8) is 0 Å². The van der Waals surface area contributed by atoms with Crippen LogP contribution in [0.3, 0.4) is 0 Å². The van der Waals surface area contributed by atoms with E-state index < -0.39 is 10.8 Å². The van der Waals surface area contributed by atoms with E-state index in [9.17, 15) is 14.9 Å². The van der Waals surface area contributed by atoms with Crippen LogP contribution < -0.4 is 15.4 Å². The minimum Gasteiger partial charge on any atom is -0.490 e. The number of hydrogen-bond acceptors (Lipinski definition) is 7. The molecule has 11 nitrogen and oxygen atoms in total. The Balaban J connectivity index is 0.00000380. The second-order valence-electron chi connectivity index (χ2n) is 8.01. The molecule has 1 aromatic heterocycles. The van der Waals surface area contributed by atoms with Crippen molar-refractivity contribution >= 4 is 45.6 Å². The van der Waals surface area contributed by atoms with E-state index >= 15 is 0 Å². The first-order valence-electron chi connectivity index (χ1n) is 11.3. The Morgan fingerprint density at radius 2 is 1.81 bits per heavy atom. The number of nitro benzene ring substituents is 1. The second kappa shape index (κ2) is 12.0. The molecule has 0 saturated carbocycles. The average Bonchev–Trinajstić information content (AvgIpc) is 3.30. The third-order valence-electron chi connectivity index (χ3n) is 5.49. The summed E-state index contributed by atoms with van der Waals surface area (Å²) in [5, 5.41) is 25.8. The fraction of sp³-hybridized carbons (Fsp3) is 0.200. The molecule has 0 spiro atoms. The number of nitrogens with one attached hydrogen (secondary N) is 2. The van der Waals surface area contributed by atoms with Crippen LogP contribution in [-0.4, -0.2) is 43.5 Å². The van der Waals surface area contributed by atoms with Crippen LogP contribution in [0.4, 0.5) is 11.4 Å². The van der Waals surface area contributed by atoms with Gasteiger partial charge in [0.1, 0.15) is 11.0 Å². The summed E-state index contributed by atoms with van der Waals surface area (Å²) in [6.07, 6.45) is 3.36. The molecule has 0 aliphatic rings. The first kappa shape index (κ1) is 27.2. The van der Waals surface area contributed by atoms with Crippen LogP contribution in [0.5, 0.6) is 5.75 Å². The number of nitrogens with zero attached hydrogens (tertiary/aromatic N) is 4. The van der Waals surface area contributed by atoms with Crippen molar-refractivity contribution < 1.29 is 19.9 Å². The summed E-state index contributed by atoms with van der Waals surface area (Å²) in [7, 11) is 1.32. The molecular weight excluding hydrogens is 496 g/mol. The molecule has 0 aliphatic carbocycles. The van der Waals surface area contributed by atoms with Crippen LogP contribution in [-0.2, 0) is 6.42 Å². The van der Waals surface area contributed by atoms with Gasteiger partial charge in [-0.2, -0.15) is 4.80 Å². The van der Waals surface area contributed by atoms with Gasteiger partial charge in [0.15, 0.2) is 10.9 Å². The number of hydrogen-bond donors (Lipinski definition) is 2. The Morgan fingerprint density at radius 1 is 1.08 bits per heavy atom. The lowest BCUT2D eigenvalue weighted by Crippen LogP contribution is -2.34. The van der Waals surface area contributed by atoms with Crippen LogP contribution >= 0.6 is 12.2 Å². The summed E-state index contributed by atoms with van der Waals surface area (Å²) in [6, 6.07) is 17.4. The number of benzene rings is 3. The standard InChI is InChI=1S/C25H24N6O4S.H2O/c1-3-4-5-16-6-10-19(11-7-16)30-28-20-12-9-18(15-21(20)29-30)26-25(36)27-24(32)17-8-13-23(35-2)22(14-17)31(33)34;/h6-15H,3-5H2,1-2H3,(H2,26,27,32,36);1H2. The number of unbranched alkanes of at least 4 members (excludes halogenated alkanes) is 1. The van der Waals surface area contributed by atoms with Crippen molar-refractivity contribution in [2.75, 3.05) is 12.4 Å². The van der Waals surface area contributed by atoms with Crippen molar-refractivity contribution in [2.45, 2.75) is 26.2 Å². The van der Waals surface area contributed by atoms with Crippen molar-refractivity contribution in [2.24, 2.45) is 0 Å². The highest BCUT2D eigenvalue weighted by atomic mass is 32.1. The van der Waals surface area contributed by atoms with Gasteiger partial charge in [-0.25, -0.2) is 0 Å². The maximum absolute atomic E-state index is 12.5. The summed E-state index contributed by atoms with van der Waals surface area (Å²) >= 11 is 5.25. The summed E-state index contributed by atoms with van der Waals surface area (Å²) in [5.74, 6) is -0.529. The van der Waals surface area contributed by atoms with Crippen LogP contribution in [0.25, 0.3) is 16.7 Å². The van der Waals surface area contributed by atoms with E-state index in [2.05, 4.69) is 39.9 Å². The highest BCUT2D eigenvalue weighted by Gasteiger charge is 2.19. The number of carbonyl (C=O) groups is 1. The summed E-state index contributed by atoms with van der Waals surface area (Å²) in [5.41, 5.74) is 3.86. The molecule has 0 saturated heterocycles. The summed E-state index contributed by atoms with van der Waals surface area (Å²) in [6.45, 7) is 2.17. The quantitative estimate of drug-likeness (QED) is 0.200. The monoisotopic (exact) mass is 522 g/mol. The largest absolute Gasteiger partial charge is 0.490 e. The molecule has 4 N–H and O–H groups in total. The molecule has 0 unspecified atom stereocenters. The maximum atomic E-state index is 12.5. The lowest BCUT2D eigenvalue weighted by atomic mass is 10.1. The molecule has 12 heteroatoms. The molecule has 0 radical (unpaired) electrons. The Hall–Kier alpha value is -4.42. The maximum Gasteiger partial charge on any atom is 0.311 e. The first-order chi connectivity index (χ1) is 17.4. The molecule has 3 aromatic carbocycles. The van der Waals surface area contributed by atoms with Gasteiger partial charge >= 0.3 is 5.69 Å². The lowest BCUT2D eigenvalue weighted by molar-refractivity contribution is -0.385. The number of amides is 1. The predicted octanol–water partition coefficient (Wildman–Crippen LogP) is 3.98. The van der Waals surface area contributed by atoms with Crippen LogP contribution in [0.2, 0.25) is 0 Å². The van der Waals surface area contributed by atoms with E-state index in [4.69, 9.17) is 17.0 Å². The van der Waals surface area contributed by atoms with Gasteiger partial charge in [0.25, 0.3) is 5.91 Å². The van der Waals surface area contributed by atoms with Gasteiger partial charge in [-0.05, 0) is 73.1 Å². The van der Waals surface area contributed by atoms with Gasteiger partial charge in [-0.1, -0.05) is 25.5 Å². The highest BCUT2D eigenvalue weighted by molar-refractivity contribution is 7.80. The number of thiocarbonyl (C=S) groups is 1. The Labute approximate surface area is 217 Å². The SMILES string of the molecule is CCCCc1ccc(-n2nc3ccc(NC(=S)NC(=O)c4ccc(OC)c([N+](=O)[O-])c4)cc3n2)cc1.O. The molecule has 0 aliphatic heterocycles. The molecule has 0 atom stereocenters. The van der Waals surface area contributed by atoms with Gasteiger partial charge in [0.05, 0.1) is 17.7 Å². The zero-order valence-electron chi connectivity index (χ0n) is 20.2. The normalized spacial score (nSPS) is 10.4. The number of ether oxygens (including phenoxy) is 1. The summed E-state index contributed by atoms with van der Waals surface area (Å²) in [4.78, 5) is 24.7. The number of aryl methyl sites for hydroxylation is 1. The zero-order chi connectivity index (χ0) is 25.7. The van der Waals surface area contributed by atoms with E-state index in [1.54, 1.807) is 23.0 Å². The Morgan fingerprint density at radius 3 is 2.49 bits per heavy atom. The number of methoxy groups -OCH3 is 1. The fourth-order valence-corrected chi connectivity index (χ4v) is 3.81. The number of fused-ring (bicyclic) bond motifs is 1. The van der Waals surface area contributed by atoms with E-state index in [1.165, 1.54) is 24.8 Å². The zero-order valence-corrected chi connectivity index (χ0v) is 21.0. The van der Waals surface area contributed by atoms with E-state index in [-0.39, 0.29) is 27.6 Å². The summed E-state index contributed by atoms with van der Waals surface area (Å²) < 4.78 is 4.96. The number of anilines is 1. The van der Waals surface area contributed by atoms with Crippen LogP contribution in [0.15, 0.2) is 60.7 Å². The smallest absolute Gasteiger partial charge is 0.311 e. The van der Waals surface area contributed by atoms with Crippen LogP contribution in [0, 0.1) is 10.1 Å². The molecule has 4 rings (SSSR count). The van der Waals surface area contributed by atoms with E-state index in [0.29, 0.717) is 16.7 Å². The minimum atomic E-state index is -0.616. The molecule has 1 amide bonds. The predicted molar refractivity (Wildman–Crippen MR) is 144 cm³/mol. The number of nitro groups is 1. The third-order valence-corrected chi connectivity index (χ3v) is 5.69. The first-order valence-corrected chi connectivity index (χ1v) is 11.7. The van der Waals surface area contributed by atoms with E-state index in [0.717, 1.165) is 31.0 Å². The van der Waals surface area contributed by atoms with Gasteiger partial charge in [0.2, 0.25) is 0 Å². The number of rotatable bonds is 8. The van der Waals surface area contributed by atoms with Gasteiger partial charge in [0, 0.05) is 17.3 Å². The Kier molecular flexibility index (Phi) is 8.82. The van der Waals surface area contributed by atoms with Gasteiger partial charge in [-0.15, -0.1) is 10.2 Å². The van der Waals surface area contributed by atoms with Gasteiger partial charge < -0.3 is 15.5 Å². The van der Waals surface area contributed by atoms with Crippen LogP contribution in [0.1, 0.15) is 35.7 Å². The molecule has 37 heavy (non-hydrogen) atoms. The highest BCUT2D eigenvalue weighted by Crippen LogP contribution is 2.27. The number of carbonyl (C=O) groups excluding carboxylic acids is 1. The van der Waals surface area contributed by atoms with E-state index in [1.807, 2.05) is 12.1 Å². The number of aromatic nitrogens is 3. The molecular formula is C25H26N6O5S. The van der Waals surface area contributed by atoms with Crippen molar-refractivity contribution in [1.82, 2.24) is 20.3 Å². The van der Waals surface area contributed by atoms with Crippen molar-refractivity contribution in [3.05, 3.63) is 81.9 Å². The molecule has 0 bridgehead atoms. The third kappa shape index (κ3) is 6.42. The lowest BCUT2D eigenvalue weighted by Gasteiger charge is -2.10.